The lowest BCUT2D eigenvalue weighted by Crippen LogP contribution is -2.06. The molecule has 88 valence electrons. The molecule has 2 aromatic rings. The van der Waals surface area contributed by atoms with Gasteiger partial charge >= 0.3 is 5.97 Å². The van der Waals surface area contributed by atoms with E-state index in [1.54, 1.807) is 22.9 Å². The molecule has 0 amide bonds. The van der Waals surface area contributed by atoms with Crippen LogP contribution in [-0.2, 0) is 0 Å². The van der Waals surface area contributed by atoms with E-state index in [9.17, 15) is 4.79 Å². The zero-order valence-electron chi connectivity index (χ0n) is 8.95. The van der Waals surface area contributed by atoms with Gasteiger partial charge in [0.25, 0.3) is 0 Å². The molecule has 1 N–H and O–H groups in total. The van der Waals surface area contributed by atoms with Gasteiger partial charge < -0.3 is 9.67 Å². The lowest BCUT2D eigenvalue weighted by molar-refractivity contribution is 0.0688. The maximum Gasteiger partial charge on any atom is 0.352 e. The van der Waals surface area contributed by atoms with E-state index in [1.165, 1.54) is 0 Å². The fraction of sp³-hybridized carbons (Fsp3) is 0.0833. The highest BCUT2D eigenvalue weighted by Gasteiger charge is 2.14. The lowest BCUT2D eigenvalue weighted by atomic mass is 10.2. The Bertz CT molecular complexity index is 592. The molecule has 0 aliphatic rings. The number of aromatic carboxylic acids is 1. The molecule has 0 spiro atoms. The summed E-state index contributed by atoms with van der Waals surface area (Å²) in [6, 6.07) is 7.03. The molecular weight excluding hydrogens is 305 g/mol. The maximum absolute atomic E-state index is 11.1. The van der Waals surface area contributed by atoms with E-state index in [2.05, 4.69) is 15.9 Å². The molecule has 0 saturated carbocycles. The van der Waals surface area contributed by atoms with Crippen molar-refractivity contribution in [3.8, 4) is 5.69 Å². The monoisotopic (exact) mass is 313 g/mol. The molecule has 0 unspecified atom stereocenters. The molecule has 1 heterocycles. The van der Waals surface area contributed by atoms with E-state index in [1.807, 2.05) is 19.1 Å². The van der Waals surface area contributed by atoms with E-state index in [0.717, 1.165) is 5.56 Å². The summed E-state index contributed by atoms with van der Waals surface area (Å²) in [5.41, 5.74) is 1.85. The molecular formula is C12H9BrClNO2. The Labute approximate surface area is 112 Å². The number of rotatable bonds is 2. The van der Waals surface area contributed by atoms with E-state index in [-0.39, 0.29) is 5.69 Å². The minimum absolute atomic E-state index is 0.171. The Morgan fingerprint density at radius 1 is 1.41 bits per heavy atom. The van der Waals surface area contributed by atoms with Gasteiger partial charge in [-0.25, -0.2) is 4.79 Å². The van der Waals surface area contributed by atoms with Gasteiger partial charge in [-0.1, -0.05) is 17.7 Å². The molecule has 0 radical (unpaired) electrons. The van der Waals surface area contributed by atoms with Crippen LogP contribution in [0.5, 0.6) is 0 Å². The number of carboxylic acids is 1. The highest BCUT2D eigenvalue weighted by molar-refractivity contribution is 9.10. The zero-order chi connectivity index (χ0) is 12.6. The Kier molecular flexibility index (Phi) is 3.26. The number of benzene rings is 1. The van der Waals surface area contributed by atoms with Gasteiger partial charge in [-0.05, 0) is 46.6 Å². The van der Waals surface area contributed by atoms with Crippen LogP contribution in [0.4, 0.5) is 0 Å². The molecule has 0 atom stereocenters. The predicted octanol–water partition coefficient (Wildman–Crippen LogP) is 3.90. The van der Waals surface area contributed by atoms with Gasteiger partial charge in [0.2, 0.25) is 0 Å². The molecule has 1 aromatic heterocycles. The minimum atomic E-state index is -0.992. The molecule has 17 heavy (non-hydrogen) atoms. The highest BCUT2D eigenvalue weighted by atomic mass is 79.9. The summed E-state index contributed by atoms with van der Waals surface area (Å²) < 4.78 is 2.26. The number of nitrogens with zero attached hydrogens (tertiary/aromatic N) is 1. The Morgan fingerprint density at radius 2 is 2.12 bits per heavy atom. The van der Waals surface area contributed by atoms with Crippen LogP contribution in [0.1, 0.15) is 16.1 Å². The summed E-state index contributed by atoms with van der Waals surface area (Å²) in [5, 5.41) is 9.63. The van der Waals surface area contributed by atoms with E-state index in [4.69, 9.17) is 16.7 Å². The largest absolute Gasteiger partial charge is 0.477 e. The smallest absolute Gasteiger partial charge is 0.352 e. The second-order valence-corrected chi connectivity index (χ2v) is 5.00. The predicted molar refractivity (Wildman–Crippen MR) is 70.2 cm³/mol. The molecule has 5 heteroatoms. The molecule has 2 rings (SSSR count). The van der Waals surface area contributed by atoms with Gasteiger partial charge in [0, 0.05) is 10.7 Å². The summed E-state index contributed by atoms with van der Waals surface area (Å²) >= 11 is 9.35. The Balaban J connectivity index is 2.67. The van der Waals surface area contributed by atoms with Crippen molar-refractivity contribution in [2.75, 3.05) is 0 Å². The average Bonchev–Trinajstić information content (AvgIpc) is 2.64. The first-order valence-corrected chi connectivity index (χ1v) is 6.04. The third kappa shape index (κ3) is 2.37. The van der Waals surface area contributed by atoms with Gasteiger partial charge in [0.05, 0.1) is 10.7 Å². The second-order valence-electron chi connectivity index (χ2n) is 3.67. The Hall–Kier alpha value is -1.26. The van der Waals surface area contributed by atoms with Crippen molar-refractivity contribution < 1.29 is 9.90 Å². The number of hydrogen-bond donors (Lipinski definition) is 1. The van der Waals surface area contributed by atoms with E-state index < -0.39 is 5.97 Å². The van der Waals surface area contributed by atoms with Crippen molar-refractivity contribution in [2.45, 2.75) is 6.92 Å². The zero-order valence-corrected chi connectivity index (χ0v) is 11.3. The average molecular weight is 315 g/mol. The first-order chi connectivity index (χ1) is 7.99. The van der Waals surface area contributed by atoms with Crippen LogP contribution in [0, 0.1) is 6.92 Å². The van der Waals surface area contributed by atoms with Crippen molar-refractivity contribution in [1.29, 1.82) is 0 Å². The van der Waals surface area contributed by atoms with E-state index >= 15 is 0 Å². The number of carboxylic acid groups (broad SMARTS) is 1. The maximum atomic E-state index is 11.1. The summed E-state index contributed by atoms with van der Waals surface area (Å²) in [7, 11) is 0. The summed E-state index contributed by atoms with van der Waals surface area (Å²) in [6.07, 6.45) is 1.68. The van der Waals surface area contributed by atoms with Crippen molar-refractivity contribution in [1.82, 2.24) is 4.57 Å². The number of aromatic nitrogens is 1. The Morgan fingerprint density at radius 3 is 2.76 bits per heavy atom. The first-order valence-electron chi connectivity index (χ1n) is 4.87. The van der Waals surface area contributed by atoms with Crippen LogP contribution < -0.4 is 0 Å². The fourth-order valence-corrected chi connectivity index (χ4v) is 2.23. The van der Waals surface area contributed by atoms with Gasteiger partial charge in [0.1, 0.15) is 5.69 Å². The quantitative estimate of drug-likeness (QED) is 0.913. The van der Waals surface area contributed by atoms with Crippen LogP contribution >= 0.6 is 27.5 Å². The first kappa shape index (κ1) is 12.2. The molecule has 3 nitrogen and oxygen atoms in total. The molecule has 0 aliphatic heterocycles. The molecule has 0 aliphatic carbocycles. The SMILES string of the molecule is Cc1ccc(Cl)c(-n2cc(Br)cc2C(=O)O)c1. The standard InChI is InChI=1S/C12H9BrClNO2/c1-7-2-3-9(14)10(4-7)15-6-8(13)5-11(15)12(16)17/h2-6H,1H3,(H,16,17). The third-order valence-corrected chi connectivity index (χ3v) is 3.12. The van der Waals surface area contributed by atoms with Gasteiger partial charge in [-0.2, -0.15) is 0 Å². The highest BCUT2D eigenvalue weighted by Crippen LogP contribution is 2.26. The van der Waals surface area contributed by atoms with Gasteiger partial charge in [-0.15, -0.1) is 0 Å². The molecule has 1 aromatic carbocycles. The minimum Gasteiger partial charge on any atom is -0.477 e. The van der Waals surface area contributed by atoms with Crippen LogP contribution in [0.15, 0.2) is 34.9 Å². The molecule has 0 fully saturated rings. The van der Waals surface area contributed by atoms with Crippen molar-refractivity contribution >= 4 is 33.5 Å². The van der Waals surface area contributed by atoms with Crippen molar-refractivity contribution in [3.63, 3.8) is 0 Å². The van der Waals surface area contributed by atoms with Crippen LogP contribution in [-0.4, -0.2) is 15.6 Å². The van der Waals surface area contributed by atoms with Gasteiger partial charge in [-0.3, -0.25) is 0 Å². The normalized spacial score (nSPS) is 10.5. The number of aryl methyl sites for hydroxylation is 1. The fourth-order valence-electron chi connectivity index (χ4n) is 1.60. The van der Waals surface area contributed by atoms with Crippen LogP contribution in [0.25, 0.3) is 5.69 Å². The second kappa shape index (κ2) is 4.55. The number of hydrogen-bond acceptors (Lipinski definition) is 1. The van der Waals surface area contributed by atoms with Crippen molar-refractivity contribution in [2.24, 2.45) is 0 Å². The molecule has 0 bridgehead atoms. The summed E-state index contributed by atoms with van der Waals surface area (Å²) in [6.45, 7) is 1.93. The van der Waals surface area contributed by atoms with E-state index in [0.29, 0.717) is 15.2 Å². The summed E-state index contributed by atoms with van der Waals surface area (Å²) in [5.74, 6) is -0.992. The molecule has 0 saturated heterocycles. The third-order valence-electron chi connectivity index (χ3n) is 2.37. The topological polar surface area (TPSA) is 42.2 Å². The van der Waals surface area contributed by atoms with Crippen LogP contribution in [0.2, 0.25) is 5.02 Å². The van der Waals surface area contributed by atoms with Crippen LogP contribution in [0.3, 0.4) is 0 Å². The number of carbonyl (C=O) groups is 1. The van der Waals surface area contributed by atoms with Gasteiger partial charge in [0.15, 0.2) is 0 Å². The lowest BCUT2D eigenvalue weighted by Gasteiger charge is -2.09. The van der Waals surface area contributed by atoms with Crippen molar-refractivity contribution in [3.05, 3.63) is 51.2 Å². The number of halogens is 2. The summed E-state index contributed by atoms with van der Waals surface area (Å²) in [4.78, 5) is 11.1.